The van der Waals surface area contributed by atoms with Crippen LogP contribution in [0.5, 0.6) is 0 Å². The predicted molar refractivity (Wildman–Crippen MR) is 87.1 cm³/mol. The summed E-state index contributed by atoms with van der Waals surface area (Å²) in [5, 5.41) is 0. The van der Waals surface area contributed by atoms with Gasteiger partial charge in [-0.25, -0.2) is 0 Å². The lowest BCUT2D eigenvalue weighted by molar-refractivity contribution is 0.223. The third-order valence-corrected chi connectivity index (χ3v) is 3.90. The van der Waals surface area contributed by atoms with Gasteiger partial charge in [-0.1, -0.05) is 45.0 Å². The van der Waals surface area contributed by atoms with Gasteiger partial charge in [0.05, 0.1) is 12.8 Å². The average molecular weight is 286 g/mol. The highest BCUT2D eigenvalue weighted by Crippen LogP contribution is 2.26. The Labute approximate surface area is 127 Å². The molecule has 0 aliphatic rings. The van der Waals surface area contributed by atoms with Crippen molar-refractivity contribution in [3.63, 3.8) is 0 Å². The van der Waals surface area contributed by atoms with Crippen LogP contribution >= 0.6 is 0 Å². The fraction of sp³-hybridized carbons (Fsp3) is 0.444. The van der Waals surface area contributed by atoms with Crippen LogP contribution in [0.4, 0.5) is 0 Å². The number of nitrogens with zero attached hydrogens (tertiary/aromatic N) is 1. The van der Waals surface area contributed by atoms with E-state index in [1.54, 1.807) is 6.26 Å². The first-order chi connectivity index (χ1) is 9.91. The molecule has 0 aliphatic carbocycles. The molecular formula is C18H26N2O. The van der Waals surface area contributed by atoms with E-state index < -0.39 is 0 Å². The molecule has 0 aliphatic heterocycles. The van der Waals surface area contributed by atoms with Crippen molar-refractivity contribution in [1.82, 2.24) is 4.90 Å². The van der Waals surface area contributed by atoms with E-state index in [9.17, 15) is 0 Å². The van der Waals surface area contributed by atoms with Crippen LogP contribution in [0.25, 0.3) is 0 Å². The summed E-state index contributed by atoms with van der Waals surface area (Å²) in [5.41, 5.74) is 8.76. The Hall–Kier alpha value is -1.58. The van der Waals surface area contributed by atoms with Gasteiger partial charge in [-0.2, -0.15) is 0 Å². The fourth-order valence-electron chi connectivity index (χ4n) is 2.53. The summed E-state index contributed by atoms with van der Waals surface area (Å²) in [4.78, 5) is 2.23. The number of nitrogens with two attached hydrogens (primary N) is 1. The van der Waals surface area contributed by atoms with Gasteiger partial charge in [-0.3, -0.25) is 4.90 Å². The summed E-state index contributed by atoms with van der Waals surface area (Å²) in [6, 6.07) is 12.9. The van der Waals surface area contributed by atoms with E-state index in [-0.39, 0.29) is 11.5 Å². The van der Waals surface area contributed by atoms with Crippen LogP contribution in [0.1, 0.15) is 43.7 Å². The minimum absolute atomic E-state index is 0.177. The van der Waals surface area contributed by atoms with Crippen LogP contribution < -0.4 is 5.73 Å². The summed E-state index contributed by atoms with van der Waals surface area (Å²) in [7, 11) is 2.08. The van der Waals surface area contributed by atoms with Crippen molar-refractivity contribution >= 4 is 0 Å². The molecule has 1 aromatic carbocycles. The molecule has 2 N–H and O–H groups in total. The zero-order valence-corrected chi connectivity index (χ0v) is 13.5. The van der Waals surface area contributed by atoms with Crippen molar-refractivity contribution in [1.29, 1.82) is 0 Å². The Bertz CT molecular complexity index is 538. The predicted octanol–water partition coefficient (Wildman–Crippen LogP) is 3.71. The molecule has 1 atom stereocenters. The molecule has 21 heavy (non-hydrogen) atoms. The molecule has 3 heteroatoms. The van der Waals surface area contributed by atoms with Gasteiger partial charge in [0.2, 0.25) is 0 Å². The molecule has 0 fully saturated rings. The SMILES string of the molecule is CN(Cc1ccco1)C(CN)c1ccc(C(C)(C)C)cc1. The summed E-state index contributed by atoms with van der Waals surface area (Å²) in [6.07, 6.45) is 1.71. The average Bonchev–Trinajstić information content (AvgIpc) is 2.92. The number of benzene rings is 1. The molecule has 114 valence electrons. The van der Waals surface area contributed by atoms with Gasteiger partial charge in [0.1, 0.15) is 5.76 Å². The molecular weight excluding hydrogens is 260 g/mol. The maximum absolute atomic E-state index is 5.99. The van der Waals surface area contributed by atoms with Gasteiger partial charge >= 0.3 is 0 Å². The summed E-state index contributed by atoms with van der Waals surface area (Å²) < 4.78 is 5.42. The summed E-state index contributed by atoms with van der Waals surface area (Å²) in [5.74, 6) is 0.960. The van der Waals surface area contributed by atoms with Crippen molar-refractivity contribution in [3.05, 3.63) is 59.5 Å². The normalized spacial score (nSPS) is 13.6. The second-order valence-corrected chi connectivity index (χ2v) is 6.62. The first-order valence-electron chi connectivity index (χ1n) is 7.45. The minimum Gasteiger partial charge on any atom is -0.468 e. The van der Waals surface area contributed by atoms with Crippen LogP contribution in [0, 0.1) is 0 Å². The summed E-state index contributed by atoms with van der Waals surface area (Å²) in [6.45, 7) is 8.03. The van der Waals surface area contributed by atoms with Gasteiger partial charge < -0.3 is 10.2 Å². The molecule has 1 unspecified atom stereocenters. The lowest BCUT2D eigenvalue weighted by Crippen LogP contribution is -2.30. The maximum atomic E-state index is 5.99. The van der Waals surface area contributed by atoms with Gasteiger partial charge in [-0.05, 0) is 35.7 Å². The van der Waals surface area contributed by atoms with Crippen molar-refractivity contribution in [2.45, 2.75) is 38.8 Å². The van der Waals surface area contributed by atoms with Crippen LogP contribution in [-0.2, 0) is 12.0 Å². The molecule has 2 aromatic rings. The Morgan fingerprint density at radius 1 is 1.14 bits per heavy atom. The lowest BCUT2D eigenvalue weighted by atomic mass is 9.86. The molecule has 0 amide bonds. The van der Waals surface area contributed by atoms with Crippen molar-refractivity contribution in [2.75, 3.05) is 13.6 Å². The van der Waals surface area contributed by atoms with E-state index in [2.05, 4.69) is 57.0 Å². The van der Waals surface area contributed by atoms with Crippen LogP contribution in [0.2, 0.25) is 0 Å². The molecule has 3 nitrogen and oxygen atoms in total. The highest BCUT2D eigenvalue weighted by molar-refractivity contribution is 5.29. The van der Waals surface area contributed by atoms with Gasteiger partial charge in [-0.15, -0.1) is 0 Å². The van der Waals surface area contributed by atoms with Gasteiger partial charge in [0.25, 0.3) is 0 Å². The van der Waals surface area contributed by atoms with Crippen molar-refractivity contribution < 1.29 is 4.42 Å². The topological polar surface area (TPSA) is 42.4 Å². The van der Waals surface area contributed by atoms with E-state index in [1.165, 1.54) is 11.1 Å². The number of likely N-dealkylation sites (N-methyl/N-ethyl adjacent to an activating group) is 1. The summed E-state index contributed by atoms with van der Waals surface area (Å²) >= 11 is 0. The number of hydrogen-bond donors (Lipinski definition) is 1. The Morgan fingerprint density at radius 2 is 1.81 bits per heavy atom. The molecule has 0 spiro atoms. The number of rotatable bonds is 5. The lowest BCUT2D eigenvalue weighted by Gasteiger charge is -2.27. The minimum atomic E-state index is 0.177. The van der Waals surface area contributed by atoms with Crippen molar-refractivity contribution in [3.8, 4) is 0 Å². The van der Waals surface area contributed by atoms with Crippen LogP contribution in [0.15, 0.2) is 47.1 Å². The zero-order valence-electron chi connectivity index (χ0n) is 13.5. The second kappa shape index (κ2) is 6.46. The standard InChI is InChI=1S/C18H26N2O/c1-18(2,3)15-9-7-14(8-10-15)17(12-19)20(4)13-16-6-5-11-21-16/h5-11,17H,12-13,19H2,1-4H3. The monoisotopic (exact) mass is 286 g/mol. The molecule has 0 bridgehead atoms. The molecule has 1 aromatic heterocycles. The number of furan rings is 1. The zero-order chi connectivity index (χ0) is 15.5. The number of hydrogen-bond acceptors (Lipinski definition) is 3. The molecule has 0 saturated carbocycles. The van der Waals surface area contributed by atoms with Crippen LogP contribution in [-0.4, -0.2) is 18.5 Å². The first-order valence-corrected chi connectivity index (χ1v) is 7.45. The van der Waals surface area contributed by atoms with E-state index in [1.807, 2.05) is 12.1 Å². The van der Waals surface area contributed by atoms with E-state index in [0.29, 0.717) is 6.54 Å². The van der Waals surface area contributed by atoms with Gasteiger partial charge in [0, 0.05) is 12.6 Å². The van der Waals surface area contributed by atoms with Crippen LogP contribution in [0.3, 0.4) is 0 Å². The van der Waals surface area contributed by atoms with E-state index in [4.69, 9.17) is 10.2 Å². The smallest absolute Gasteiger partial charge is 0.117 e. The fourth-order valence-corrected chi connectivity index (χ4v) is 2.53. The highest BCUT2D eigenvalue weighted by atomic mass is 16.3. The van der Waals surface area contributed by atoms with E-state index in [0.717, 1.165) is 12.3 Å². The Balaban J connectivity index is 2.13. The van der Waals surface area contributed by atoms with Gasteiger partial charge in [0.15, 0.2) is 0 Å². The molecule has 1 heterocycles. The second-order valence-electron chi connectivity index (χ2n) is 6.62. The third kappa shape index (κ3) is 3.96. The van der Waals surface area contributed by atoms with E-state index >= 15 is 0 Å². The third-order valence-electron chi connectivity index (χ3n) is 3.90. The quantitative estimate of drug-likeness (QED) is 0.911. The highest BCUT2D eigenvalue weighted by Gasteiger charge is 2.18. The largest absolute Gasteiger partial charge is 0.468 e. The maximum Gasteiger partial charge on any atom is 0.117 e. The first kappa shape index (κ1) is 15.8. The molecule has 0 radical (unpaired) electrons. The molecule has 0 saturated heterocycles. The Kier molecular flexibility index (Phi) is 4.86. The molecule has 2 rings (SSSR count). The Morgan fingerprint density at radius 3 is 2.29 bits per heavy atom. The van der Waals surface area contributed by atoms with Crippen molar-refractivity contribution in [2.24, 2.45) is 5.73 Å².